The van der Waals surface area contributed by atoms with Crippen LogP contribution in [0.1, 0.15) is 36.1 Å². The van der Waals surface area contributed by atoms with Crippen molar-refractivity contribution in [2.24, 2.45) is 0 Å². The van der Waals surface area contributed by atoms with Crippen molar-refractivity contribution >= 4 is 12.0 Å². The van der Waals surface area contributed by atoms with E-state index >= 15 is 0 Å². The Kier molecular flexibility index (Phi) is 8.44. The van der Waals surface area contributed by atoms with Crippen molar-refractivity contribution in [2.45, 2.75) is 33.4 Å². The molecule has 0 saturated heterocycles. The number of nitrogens with zero attached hydrogens (tertiary/aromatic N) is 2. The molecule has 1 heterocycles. The van der Waals surface area contributed by atoms with E-state index in [2.05, 4.69) is 36.2 Å². The zero-order chi connectivity index (χ0) is 22.8. The van der Waals surface area contributed by atoms with Crippen molar-refractivity contribution in [3.8, 4) is 11.5 Å². The largest absolute Gasteiger partial charge is 0.493 e. The van der Waals surface area contributed by atoms with Gasteiger partial charge < -0.3 is 14.4 Å². The molecule has 0 radical (unpaired) electrons. The van der Waals surface area contributed by atoms with Crippen LogP contribution in [0.25, 0.3) is 6.08 Å². The van der Waals surface area contributed by atoms with Crippen molar-refractivity contribution in [2.75, 3.05) is 13.7 Å². The molecule has 2 aromatic carbocycles. The second kappa shape index (κ2) is 11.7. The molecule has 166 valence electrons. The van der Waals surface area contributed by atoms with E-state index in [1.807, 2.05) is 49.4 Å². The minimum absolute atomic E-state index is 0.0768. The topological polar surface area (TPSA) is 51.7 Å². The fourth-order valence-corrected chi connectivity index (χ4v) is 3.38. The van der Waals surface area contributed by atoms with Gasteiger partial charge in [0, 0.05) is 25.5 Å². The Morgan fingerprint density at radius 3 is 2.41 bits per heavy atom. The molecule has 0 bridgehead atoms. The van der Waals surface area contributed by atoms with E-state index in [0.717, 1.165) is 23.1 Å². The van der Waals surface area contributed by atoms with Gasteiger partial charge in [-0.2, -0.15) is 0 Å². The molecule has 0 atom stereocenters. The molecular weight excluding hydrogens is 400 g/mol. The maximum absolute atomic E-state index is 13.1. The molecule has 0 spiro atoms. The van der Waals surface area contributed by atoms with E-state index in [1.165, 1.54) is 5.56 Å². The summed E-state index contributed by atoms with van der Waals surface area (Å²) in [7, 11) is 1.60. The van der Waals surface area contributed by atoms with Gasteiger partial charge in [0.2, 0.25) is 0 Å². The quantitative estimate of drug-likeness (QED) is 0.438. The van der Waals surface area contributed by atoms with Crippen LogP contribution >= 0.6 is 0 Å². The van der Waals surface area contributed by atoms with Gasteiger partial charge in [0.25, 0.3) is 5.91 Å². The second-order valence-corrected chi connectivity index (χ2v) is 7.48. The van der Waals surface area contributed by atoms with Crippen LogP contribution in [0.2, 0.25) is 0 Å². The Labute approximate surface area is 190 Å². The number of hydrogen-bond donors (Lipinski definition) is 0. The zero-order valence-corrected chi connectivity index (χ0v) is 19.0. The third kappa shape index (κ3) is 6.45. The number of hydrogen-bond acceptors (Lipinski definition) is 4. The number of benzene rings is 2. The summed E-state index contributed by atoms with van der Waals surface area (Å²) < 4.78 is 11.3. The van der Waals surface area contributed by atoms with Gasteiger partial charge in [-0.05, 0) is 53.8 Å². The monoisotopic (exact) mass is 430 g/mol. The van der Waals surface area contributed by atoms with Crippen molar-refractivity contribution < 1.29 is 14.3 Å². The number of pyridine rings is 1. The van der Waals surface area contributed by atoms with E-state index in [-0.39, 0.29) is 12.5 Å². The molecule has 0 aliphatic rings. The molecule has 3 rings (SSSR count). The van der Waals surface area contributed by atoms with Crippen LogP contribution in [-0.2, 0) is 24.3 Å². The van der Waals surface area contributed by atoms with Crippen LogP contribution in [-0.4, -0.2) is 29.5 Å². The van der Waals surface area contributed by atoms with E-state index in [9.17, 15) is 4.79 Å². The minimum Gasteiger partial charge on any atom is -0.493 e. The van der Waals surface area contributed by atoms with Crippen LogP contribution < -0.4 is 9.47 Å². The molecule has 0 N–H and O–H groups in total. The van der Waals surface area contributed by atoms with Gasteiger partial charge in [-0.3, -0.25) is 9.78 Å². The Hall–Kier alpha value is -3.60. The molecule has 1 amide bonds. The van der Waals surface area contributed by atoms with E-state index in [1.54, 1.807) is 24.4 Å². The van der Waals surface area contributed by atoms with Crippen LogP contribution in [0.4, 0.5) is 0 Å². The average molecular weight is 431 g/mol. The lowest BCUT2D eigenvalue weighted by molar-refractivity contribution is -0.134. The minimum atomic E-state index is -0.104. The molecular formula is C27H30N2O3. The maximum atomic E-state index is 13.1. The van der Waals surface area contributed by atoms with E-state index in [4.69, 9.17) is 9.47 Å². The Balaban J connectivity index is 1.74. The smallest absolute Gasteiger partial charge is 0.261 e. The Morgan fingerprint density at radius 2 is 1.75 bits per heavy atom. The van der Waals surface area contributed by atoms with Crippen molar-refractivity contribution in [3.05, 3.63) is 95.3 Å². The number of rotatable bonds is 10. The zero-order valence-electron chi connectivity index (χ0n) is 19.0. The van der Waals surface area contributed by atoms with Crippen LogP contribution in [0.3, 0.4) is 0 Å². The number of methoxy groups -OCH3 is 1. The first-order valence-corrected chi connectivity index (χ1v) is 10.8. The lowest BCUT2D eigenvalue weighted by Gasteiger charge is -2.23. The summed E-state index contributed by atoms with van der Waals surface area (Å²) in [4.78, 5) is 19.1. The summed E-state index contributed by atoms with van der Waals surface area (Å²) in [5.74, 6) is 1.04. The normalized spacial score (nSPS) is 10.8. The van der Waals surface area contributed by atoms with Crippen LogP contribution in [0.15, 0.2) is 73.1 Å². The van der Waals surface area contributed by atoms with Gasteiger partial charge in [-0.25, -0.2) is 0 Å². The number of allylic oxidation sites excluding steroid dienone is 1. The molecule has 0 aliphatic carbocycles. The number of aromatic nitrogens is 1. The van der Waals surface area contributed by atoms with E-state index in [0.29, 0.717) is 24.6 Å². The summed E-state index contributed by atoms with van der Waals surface area (Å²) in [6.45, 7) is 4.97. The first-order valence-electron chi connectivity index (χ1n) is 10.8. The van der Waals surface area contributed by atoms with E-state index < -0.39 is 0 Å². The lowest BCUT2D eigenvalue weighted by atomic mass is 10.1. The number of carbonyl (C=O) groups is 1. The summed E-state index contributed by atoms with van der Waals surface area (Å²) >= 11 is 0. The van der Waals surface area contributed by atoms with Crippen LogP contribution in [0.5, 0.6) is 11.5 Å². The standard InChI is InChI=1S/C27H30N2O3/c1-4-7-22-13-14-25(26(16-22)31-3)32-20-27(30)29(19-24-8-6-15-28-17-24)18-23-11-9-21(5-2)10-12-23/h4,6-17H,5,18-20H2,1-3H3/b7-4+. The molecule has 0 fully saturated rings. The van der Waals surface area contributed by atoms with Gasteiger partial charge in [0.05, 0.1) is 7.11 Å². The molecule has 32 heavy (non-hydrogen) atoms. The summed E-state index contributed by atoms with van der Waals surface area (Å²) in [6.07, 6.45) is 8.44. The second-order valence-electron chi connectivity index (χ2n) is 7.48. The fraction of sp³-hybridized carbons (Fsp3) is 0.259. The summed E-state index contributed by atoms with van der Waals surface area (Å²) in [5.41, 5.74) is 4.33. The molecule has 0 unspecified atom stereocenters. The molecule has 3 aromatic rings. The molecule has 1 aromatic heterocycles. The fourth-order valence-electron chi connectivity index (χ4n) is 3.38. The first kappa shape index (κ1) is 23.1. The van der Waals surface area contributed by atoms with Gasteiger partial charge >= 0.3 is 0 Å². The number of carbonyl (C=O) groups excluding carboxylic acids is 1. The highest BCUT2D eigenvalue weighted by atomic mass is 16.5. The highest BCUT2D eigenvalue weighted by molar-refractivity contribution is 5.78. The van der Waals surface area contributed by atoms with Crippen molar-refractivity contribution in [1.29, 1.82) is 0 Å². The predicted molar refractivity (Wildman–Crippen MR) is 128 cm³/mol. The highest BCUT2D eigenvalue weighted by Gasteiger charge is 2.17. The molecule has 0 saturated carbocycles. The Bertz CT molecular complexity index is 1030. The third-order valence-corrected chi connectivity index (χ3v) is 5.15. The molecule has 5 nitrogen and oxygen atoms in total. The molecule has 0 aliphatic heterocycles. The maximum Gasteiger partial charge on any atom is 0.261 e. The number of ether oxygens (including phenoxy) is 2. The molecule has 5 heteroatoms. The first-order chi connectivity index (χ1) is 15.6. The highest BCUT2D eigenvalue weighted by Crippen LogP contribution is 2.28. The number of aryl methyl sites for hydroxylation is 1. The van der Waals surface area contributed by atoms with Gasteiger partial charge in [0.15, 0.2) is 18.1 Å². The average Bonchev–Trinajstić information content (AvgIpc) is 2.83. The Morgan fingerprint density at radius 1 is 1.00 bits per heavy atom. The number of amides is 1. The van der Waals surface area contributed by atoms with Gasteiger partial charge in [-0.15, -0.1) is 0 Å². The van der Waals surface area contributed by atoms with Gasteiger partial charge in [-0.1, -0.05) is 55.5 Å². The van der Waals surface area contributed by atoms with Crippen molar-refractivity contribution in [1.82, 2.24) is 9.88 Å². The third-order valence-electron chi connectivity index (χ3n) is 5.15. The summed E-state index contributed by atoms with van der Waals surface area (Å²) in [6, 6.07) is 17.9. The lowest BCUT2D eigenvalue weighted by Crippen LogP contribution is -2.34. The SMILES string of the molecule is C/C=C/c1ccc(OCC(=O)N(Cc2ccc(CC)cc2)Cc2cccnc2)c(OC)c1. The van der Waals surface area contributed by atoms with Crippen LogP contribution in [0, 0.1) is 0 Å². The predicted octanol–water partition coefficient (Wildman–Crippen LogP) is 5.29. The van der Waals surface area contributed by atoms with Gasteiger partial charge in [0.1, 0.15) is 0 Å². The summed E-state index contributed by atoms with van der Waals surface area (Å²) in [5, 5.41) is 0. The van der Waals surface area contributed by atoms with Crippen molar-refractivity contribution in [3.63, 3.8) is 0 Å².